The predicted molar refractivity (Wildman–Crippen MR) is 83.9 cm³/mol. The molecular weight excluding hydrogens is 356 g/mol. The highest BCUT2D eigenvalue weighted by molar-refractivity contribution is 9.10. The molecule has 1 aliphatic rings. The van der Waals surface area contributed by atoms with Crippen LogP contribution in [0.2, 0.25) is 0 Å². The molecule has 0 aliphatic heterocycles. The molecule has 1 aliphatic carbocycles. The summed E-state index contributed by atoms with van der Waals surface area (Å²) in [6.45, 7) is 2.61. The summed E-state index contributed by atoms with van der Waals surface area (Å²) >= 11 is 3.27. The van der Waals surface area contributed by atoms with E-state index in [1.165, 1.54) is 12.4 Å². The van der Waals surface area contributed by atoms with Gasteiger partial charge in [-0.3, -0.25) is 24.8 Å². The van der Waals surface area contributed by atoms with Gasteiger partial charge in [-0.25, -0.2) is 0 Å². The fourth-order valence-corrected chi connectivity index (χ4v) is 3.02. The van der Waals surface area contributed by atoms with Crippen LogP contribution in [0, 0.1) is 10.1 Å². The molecule has 0 amide bonds. The number of halogens is 1. The Hall–Kier alpha value is -1.74. The van der Waals surface area contributed by atoms with Crippen molar-refractivity contribution in [3.8, 4) is 0 Å². The zero-order chi connectivity index (χ0) is 16.3. The van der Waals surface area contributed by atoms with Crippen LogP contribution in [-0.2, 0) is 4.79 Å². The van der Waals surface area contributed by atoms with Crippen LogP contribution in [0.3, 0.4) is 0 Å². The molecule has 0 unspecified atom stereocenters. The number of hydrogen-bond acceptors (Lipinski definition) is 6. The molecule has 0 radical (unpaired) electrons. The normalized spacial score (nSPS) is 20.5. The van der Waals surface area contributed by atoms with Crippen molar-refractivity contribution < 1.29 is 14.8 Å². The Bertz CT molecular complexity index is 577. The summed E-state index contributed by atoms with van der Waals surface area (Å²) in [6, 6.07) is 0.281. The van der Waals surface area contributed by atoms with Crippen molar-refractivity contribution in [3.05, 3.63) is 27.0 Å². The predicted octanol–water partition coefficient (Wildman–Crippen LogP) is 2.10. The Morgan fingerprint density at radius 2 is 2.27 bits per heavy atom. The maximum absolute atomic E-state index is 11.0. The van der Waals surface area contributed by atoms with E-state index in [1.807, 2.05) is 11.8 Å². The summed E-state index contributed by atoms with van der Waals surface area (Å²) in [5.41, 5.74) is 0.348. The summed E-state index contributed by atoms with van der Waals surface area (Å²) in [6.07, 6.45) is 4.24. The topological polar surface area (TPSA) is 109 Å². The van der Waals surface area contributed by atoms with Crippen molar-refractivity contribution in [1.82, 2.24) is 9.88 Å². The number of hydrogen-bond donors (Lipinski definition) is 2. The smallest absolute Gasteiger partial charge is 0.317 e. The van der Waals surface area contributed by atoms with E-state index in [-0.39, 0.29) is 24.3 Å². The molecule has 1 aromatic rings. The summed E-state index contributed by atoms with van der Waals surface area (Å²) < 4.78 is 0.544. The average molecular weight is 373 g/mol. The number of rotatable bonds is 7. The third-order valence-corrected chi connectivity index (χ3v) is 4.40. The minimum atomic E-state index is -0.842. The van der Waals surface area contributed by atoms with Gasteiger partial charge in [0, 0.05) is 18.3 Å². The molecule has 0 saturated heterocycles. The minimum absolute atomic E-state index is 0.0208. The number of nitrogens with zero attached hydrogens (tertiary/aromatic N) is 3. The molecule has 0 aromatic carbocycles. The van der Waals surface area contributed by atoms with E-state index in [1.54, 1.807) is 0 Å². The van der Waals surface area contributed by atoms with Crippen molar-refractivity contribution in [1.29, 1.82) is 0 Å². The van der Waals surface area contributed by atoms with Crippen LogP contribution < -0.4 is 5.32 Å². The first-order valence-electron chi connectivity index (χ1n) is 6.92. The second kappa shape index (κ2) is 7.01. The largest absolute Gasteiger partial charge is 0.480 e. The third-order valence-electron chi connectivity index (χ3n) is 3.80. The highest BCUT2D eigenvalue weighted by Gasteiger charge is 2.35. The summed E-state index contributed by atoms with van der Waals surface area (Å²) in [5, 5.41) is 23.1. The van der Waals surface area contributed by atoms with Crippen molar-refractivity contribution in [3.63, 3.8) is 0 Å². The monoisotopic (exact) mass is 372 g/mol. The molecular formula is C13H17BrN4O4. The number of pyridine rings is 1. The van der Waals surface area contributed by atoms with E-state index < -0.39 is 10.9 Å². The Kier molecular flexibility index (Phi) is 5.30. The number of likely N-dealkylation sites (N-methyl/N-ethyl adjacent to an activating group) is 1. The highest BCUT2D eigenvalue weighted by Crippen LogP contribution is 2.35. The number of anilines is 1. The number of carboxylic acids is 1. The van der Waals surface area contributed by atoms with Gasteiger partial charge in [-0.2, -0.15) is 0 Å². The molecule has 8 nitrogen and oxygen atoms in total. The van der Waals surface area contributed by atoms with Gasteiger partial charge in [-0.1, -0.05) is 6.92 Å². The zero-order valence-corrected chi connectivity index (χ0v) is 13.6. The molecule has 22 heavy (non-hydrogen) atoms. The molecule has 0 spiro atoms. The van der Waals surface area contributed by atoms with Gasteiger partial charge in [-0.05, 0) is 35.3 Å². The summed E-state index contributed by atoms with van der Waals surface area (Å²) in [7, 11) is 0. The van der Waals surface area contributed by atoms with Gasteiger partial charge >= 0.3 is 11.7 Å². The fourth-order valence-electron chi connectivity index (χ4n) is 2.59. The van der Waals surface area contributed by atoms with Crippen LogP contribution in [0.25, 0.3) is 0 Å². The molecule has 1 heterocycles. The second-order valence-electron chi connectivity index (χ2n) is 5.20. The highest BCUT2D eigenvalue weighted by atomic mass is 79.9. The molecule has 2 rings (SSSR count). The molecule has 1 aromatic heterocycles. The Morgan fingerprint density at radius 1 is 1.59 bits per heavy atom. The SMILES string of the molecule is CCN(CC(=O)O)C1CC(Nc2c(Br)cncc2[N+](=O)[O-])C1. The van der Waals surface area contributed by atoms with Crippen LogP contribution in [0.15, 0.2) is 16.9 Å². The first-order chi connectivity index (χ1) is 10.4. The molecule has 2 N–H and O–H groups in total. The van der Waals surface area contributed by atoms with Crippen molar-refractivity contribution >= 4 is 33.3 Å². The van der Waals surface area contributed by atoms with E-state index in [2.05, 4.69) is 26.2 Å². The fraction of sp³-hybridized carbons (Fsp3) is 0.538. The van der Waals surface area contributed by atoms with Gasteiger partial charge in [0.25, 0.3) is 0 Å². The van der Waals surface area contributed by atoms with Gasteiger partial charge in [0.1, 0.15) is 11.9 Å². The van der Waals surface area contributed by atoms with Crippen molar-refractivity contribution in [2.24, 2.45) is 0 Å². The molecule has 1 saturated carbocycles. The minimum Gasteiger partial charge on any atom is -0.480 e. The molecule has 9 heteroatoms. The third kappa shape index (κ3) is 3.72. The van der Waals surface area contributed by atoms with Crippen molar-refractivity contribution in [2.45, 2.75) is 31.8 Å². The first kappa shape index (κ1) is 16.6. The quantitative estimate of drug-likeness (QED) is 0.557. The average Bonchev–Trinajstić information content (AvgIpc) is 2.41. The Balaban J connectivity index is 1.98. The summed E-state index contributed by atoms with van der Waals surface area (Å²) in [4.78, 5) is 27.1. The van der Waals surface area contributed by atoms with Crippen molar-refractivity contribution in [2.75, 3.05) is 18.4 Å². The maximum atomic E-state index is 11.0. The van der Waals surface area contributed by atoms with Crippen LogP contribution in [-0.4, -0.2) is 51.1 Å². The molecule has 0 atom stereocenters. The van der Waals surface area contributed by atoms with E-state index in [9.17, 15) is 14.9 Å². The van der Waals surface area contributed by atoms with Gasteiger partial charge in [-0.15, -0.1) is 0 Å². The lowest BCUT2D eigenvalue weighted by Crippen LogP contribution is -2.51. The zero-order valence-electron chi connectivity index (χ0n) is 12.0. The van der Waals surface area contributed by atoms with E-state index in [4.69, 9.17) is 5.11 Å². The summed E-state index contributed by atoms with van der Waals surface area (Å²) in [5.74, 6) is -0.842. The lowest BCUT2D eigenvalue weighted by molar-refractivity contribution is -0.384. The van der Waals surface area contributed by atoms with Gasteiger partial charge in [0.05, 0.1) is 15.9 Å². The first-order valence-corrected chi connectivity index (χ1v) is 7.72. The number of carboxylic acid groups (broad SMARTS) is 1. The number of nitrogens with one attached hydrogen (secondary N) is 1. The molecule has 1 fully saturated rings. The van der Waals surface area contributed by atoms with E-state index in [0.29, 0.717) is 16.7 Å². The lowest BCUT2D eigenvalue weighted by Gasteiger charge is -2.42. The van der Waals surface area contributed by atoms with Gasteiger partial charge in [0.2, 0.25) is 0 Å². The second-order valence-corrected chi connectivity index (χ2v) is 6.05. The van der Waals surface area contributed by atoms with Gasteiger partial charge in [0.15, 0.2) is 0 Å². The lowest BCUT2D eigenvalue weighted by atomic mass is 9.85. The van der Waals surface area contributed by atoms with E-state index >= 15 is 0 Å². The Morgan fingerprint density at radius 3 is 2.82 bits per heavy atom. The van der Waals surface area contributed by atoms with Gasteiger partial charge < -0.3 is 10.4 Å². The maximum Gasteiger partial charge on any atom is 0.317 e. The van der Waals surface area contributed by atoms with Crippen LogP contribution >= 0.6 is 15.9 Å². The number of aliphatic carboxylic acids is 1. The van der Waals surface area contributed by atoms with E-state index in [0.717, 1.165) is 12.8 Å². The van der Waals surface area contributed by atoms with Crippen LogP contribution in [0.4, 0.5) is 11.4 Å². The number of nitro groups is 1. The number of carbonyl (C=O) groups is 1. The molecule has 120 valence electrons. The van der Waals surface area contributed by atoms with Crippen LogP contribution in [0.1, 0.15) is 19.8 Å². The number of aromatic nitrogens is 1. The Labute approximate surface area is 135 Å². The molecule has 0 bridgehead atoms. The van der Waals surface area contributed by atoms with Crippen LogP contribution in [0.5, 0.6) is 0 Å². The standard InChI is InChI=1S/C13H17BrN4O4/c1-2-17(7-12(19)20)9-3-8(4-9)16-13-10(14)5-15-6-11(13)18(21)22/h5-6,8-9H,2-4,7H2,1H3,(H,15,16)(H,19,20).